The maximum absolute atomic E-state index is 12.1. The number of amides is 1. The van der Waals surface area contributed by atoms with Crippen molar-refractivity contribution in [2.45, 2.75) is 38.1 Å². The molecule has 2 aliphatic rings. The zero-order valence-corrected chi connectivity index (χ0v) is 10.0. The van der Waals surface area contributed by atoms with E-state index in [0.717, 1.165) is 12.8 Å². The number of hydrogen-bond donors (Lipinski definition) is 0. The average molecular weight is 234 g/mol. The van der Waals surface area contributed by atoms with Crippen LogP contribution in [-0.2, 0) is 9.53 Å². The summed E-state index contributed by atoms with van der Waals surface area (Å²) >= 11 is 0. The number of nitriles is 1. The van der Waals surface area contributed by atoms with E-state index in [-0.39, 0.29) is 5.91 Å². The van der Waals surface area contributed by atoms with E-state index in [9.17, 15) is 4.79 Å². The Morgan fingerprint density at radius 1 is 1.59 bits per heavy atom. The van der Waals surface area contributed by atoms with Crippen molar-refractivity contribution >= 4 is 5.91 Å². The minimum atomic E-state index is -0.402. The highest BCUT2D eigenvalue weighted by atomic mass is 16.5. The van der Waals surface area contributed by atoms with Crippen LogP contribution in [0.15, 0.2) is 11.6 Å². The standard InChI is InChI=1S/C13H18N2O2/c14-9-12-10-17-7-6-15(12)13(16)8-11-4-2-1-3-5-11/h4,12H,1-3,5-8,10H2. The fraction of sp³-hybridized carbons (Fsp3) is 0.692. The van der Waals surface area contributed by atoms with Crippen LogP contribution in [0.4, 0.5) is 0 Å². The number of carbonyl (C=O) groups excluding carboxylic acids is 1. The van der Waals surface area contributed by atoms with Crippen molar-refractivity contribution < 1.29 is 9.53 Å². The summed E-state index contributed by atoms with van der Waals surface area (Å²) in [6.07, 6.45) is 7.21. The molecule has 0 saturated carbocycles. The van der Waals surface area contributed by atoms with Gasteiger partial charge in [-0.2, -0.15) is 5.26 Å². The second-order valence-corrected chi connectivity index (χ2v) is 4.59. The molecule has 1 atom stereocenters. The van der Waals surface area contributed by atoms with Gasteiger partial charge in [-0.05, 0) is 25.7 Å². The van der Waals surface area contributed by atoms with Gasteiger partial charge in [0.05, 0.1) is 19.3 Å². The molecule has 2 rings (SSSR count). The summed E-state index contributed by atoms with van der Waals surface area (Å²) in [5.41, 5.74) is 1.24. The Hall–Kier alpha value is -1.34. The van der Waals surface area contributed by atoms with Crippen molar-refractivity contribution in [2.24, 2.45) is 0 Å². The first kappa shape index (κ1) is 12.1. The third-order valence-electron chi connectivity index (χ3n) is 3.36. The smallest absolute Gasteiger partial charge is 0.227 e. The zero-order chi connectivity index (χ0) is 12.1. The lowest BCUT2D eigenvalue weighted by Gasteiger charge is -2.31. The predicted molar refractivity (Wildman–Crippen MR) is 63.1 cm³/mol. The van der Waals surface area contributed by atoms with E-state index in [1.165, 1.54) is 18.4 Å². The van der Waals surface area contributed by atoms with Crippen molar-refractivity contribution in [3.05, 3.63) is 11.6 Å². The fourth-order valence-electron chi connectivity index (χ4n) is 2.37. The van der Waals surface area contributed by atoms with Crippen LogP contribution in [-0.4, -0.2) is 36.6 Å². The Bertz CT molecular complexity index is 357. The molecule has 0 radical (unpaired) electrons. The fourth-order valence-corrected chi connectivity index (χ4v) is 2.37. The van der Waals surface area contributed by atoms with Gasteiger partial charge in [-0.1, -0.05) is 11.6 Å². The Kier molecular flexibility index (Phi) is 4.16. The molecule has 1 amide bonds. The predicted octanol–water partition coefficient (Wildman–Crippen LogP) is 1.63. The van der Waals surface area contributed by atoms with Gasteiger partial charge in [0.2, 0.25) is 5.91 Å². The van der Waals surface area contributed by atoms with E-state index in [1.54, 1.807) is 4.90 Å². The summed E-state index contributed by atoms with van der Waals surface area (Å²) in [5, 5.41) is 8.98. The molecule has 1 heterocycles. The number of morpholine rings is 1. The molecular weight excluding hydrogens is 216 g/mol. The maximum atomic E-state index is 12.1. The van der Waals surface area contributed by atoms with Gasteiger partial charge in [0.15, 0.2) is 0 Å². The Labute approximate surface area is 102 Å². The summed E-state index contributed by atoms with van der Waals surface area (Å²) < 4.78 is 5.21. The number of rotatable bonds is 2. The molecule has 0 spiro atoms. The third kappa shape index (κ3) is 3.07. The first-order chi connectivity index (χ1) is 8.31. The van der Waals surface area contributed by atoms with Gasteiger partial charge in [0.25, 0.3) is 0 Å². The van der Waals surface area contributed by atoms with Gasteiger partial charge < -0.3 is 9.64 Å². The molecule has 4 heteroatoms. The summed E-state index contributed by atoms with van der Waals surface area (Å²) in [5.74, 6) is 0.0769. The quantitative estimate of drug-likeness (QED) is 0.682. The molecule has 1 aliphatic heterocycles. The Morgan fingerprint density at radius 2 is 2.47 bits per heavy atom. The van der Waals surface area contributed by atoms with E-state index in [0.29, 0.717) is 26.2 Å². The van der Waals surface area contributed by atoms with Crippen molar-refractivity contribution in [1.29, 1.82) is 5.26 Å². The molecule has 0 bridgehead atoms. The molecule has 4 nitrogen and oxygen atoms in total. The zero-order valence-electron chi connectivity index (χ0n) is 10.0. The van der Waals surface area contributed by atoms with Crippen LogP contribution in [0, 0.1) is 11.3 Å². The Morgan fingerprint density at radius 3 is 3.18 bits per heavy atom. The highest BCUT2D eigenvalue weighted by Crippen LogP contribution is 2.21. The molecular formula is C13H18N2O2. The summed E-state index contributed by atoms with van der Waals surface area (Å²) in [6, 6.07) is 1.73. The minimum Gasteiger partial charge on any atom is -0.376 e. The lowest BCUT2D eigenvalue weighted by atomic mass is 9.96. The van der Waals surface area contributed by atoms with Gasteiger partial charge >= 0.3 is 0 Å². The molecule has 0 aromatic heterocycles. The Balaban J connectivity index is 1.94. The molecule has 17 heavy (non-hydrogen) atoms. The monoisotopic (exact) mass is 234 g/mol. The van der Waals surface area contributed by atoms with Crippen molar-refractivity contribution in [2.75, 3.05) is 19.8 Å². The van der Waals surface area contributed by atoms with Gasteiger partial charge in [-0.3, -0.25) is 4.79 Å². The molecule has 1 saturated heterocycles. The van der Waals surface area contributed by atoms with E-state index in [2.05, 4.69) is 12.1 Å². The van der Waals surface area contributed by atoms with Crippen molar-refractivity contribution in [3.8, 4) is 6.07 Å². The maximum Gasteiger partial charge on any atom is 0.227 e. The number of allylic oxidation sites excluding steroid dienone is 1. The normalized spacial score (nSPS) is 25.0. The van der Waals surface area contributed by atoms with Crippen LogP contribution in [0.25, 0.3) is 0 Å². The molecule has 1 aliphatic carbocycles. The van der Waals surface area contributed by atoms with Gasteiger partial charge in [-0.15, -0.1) is 0 Å². The van der Waals surface area contributed by atoms with Gasteiger partial charge in [-0.25, -0.2) is 0 Å². The number of carbonyl (C=O) groups is 1. The van der Waals surface area contributed by atoms with E-state index >= 15 is 0 Å². The van der Waals surface area contributed by atoms with Crippen LogP contribution in [0.1, 0.15) is 32.1 Å². The van der Waals surface area contributed by atoms with Crippen LogP contribution in [0.2, 0.25) is 0 Å². The van der Waals surface area contributed by atoms with Crippen LogP contribution < -0.4 is 0 Å². The topological polar surface area (TPSA) is 53.3 Å². The average Bonchev–Trinajstić information content (AvgIpc) is 2.40. The lowest BCUT2D eigenvalue weighted by Crippen LogP contribution is -2.48. The number of ether oxygens (including phenoxy) is 1. The van der Waals surface area contributed by atoms with Gasteiger partial charge in [0, 0.05) is 13.0 Å². The summed E-state index contributed by atoms with van der Waals surface area (Å²) in [7, 11) is 0. The molecule has 92 valence electrons. The lowest BCUT2D eigenvalue weighted by molar-refractivity contribution is -0.137. The minimum absolute atomic E-state index is 0.0769. The first-order valence-corrected chi connectivity index (χ1v) is 6.26. The molecule has 1 unspecified atom stereocenters. The third-order valence-corrected chi connectivity index (χ3v) is 3.36. The molecule has 1 fully saturated rings. The highest BCUT2D eigenvalue weighted by molar-refractivity contribution is 5.79. The van der Waals surface area contributed by atoms with E-state index in [4.69, 9.17) is 10.00 Å². The van der Waals surface area contributed by atoms with E-state index < -0.39 is 6.04 Å². The van der Waals surface area contributed by atoms with Crippen LogP contribution >= 0.6 is 0 Å². The SMILES string of the molecule is N#CC1COCCN1C(=O)CC1=CCCCC1. The molecule has 0 aromatic rings. The van der Waals surface area contributed by atoms with Crippen molar-refractivity contribution in [1.82, 2.24) is 4.90 Å². The second-order valence-electron chi connectivity index (χ2n) is 4.59. The van der Waals surface area contributed by atoms with Crippen molar-refractivity contribution in [3.63, 3.8) is 0 Å². The number of hydrogen-bond acceptors (Lipinski definition) is 3. The molecule has 0 N–H and O–H groups in total. The molecule has 0 aromatic carbocycles. The van der Waals surface area contributed by atoms with Crippen LogP contribution in [0.5, 0.6) is 0 Å². The first-order valence-electron chi connectivity index (χ1n) is 6.26. The van der Waals surface area contributed by atoms with Crippen LogP contribution in [0.3, 0.4) is 0 Å². The second kappa shape index (κ2) is 5.83. The van der Waals surface area contributed by atoms with Gasteiger partial charge in [0.1, 0.15) is 6.04 Å². The summed E-state index contributed by atoms with van der Waals surface area (Å²) in [4.78, 5) is 13.8. The largest absolute Gasteiger partial charge is 0.376 e. The highest BCUT2D eigenvalue weighted by Gasteiger charge is 2.27. The van der Waals surface area contributed by atoms with E-state index in [1.807, 2.05) is 0 Å². The summed E-state index contributed by atoms with van der Waals surface area (Å²) in [6.45, 7) is 1.44. The number of nitrogens with zero attached hydrogens (tertiary/aromatic N) is 2.